The number of sulfonamides is 1. The van der Waals surface area contributed by atoms with Crippen molar-refractivity contribution in [2.75, 3.05) is 43.5 Å². The first kappa shape index (κ1) is 24.5. The van der Waals surface area contributed by atoms with Crippen molar-refractivity contribution in [3.8, 4) is 5.75 Å². The molecular weight excluding hydrogens is 450 g/mol. The molecule has 0 aromatic heterocycles. The van der Waals surface area contributed by atoms with Crippen LogP contribution in [-0.2, 0) is 21.2 Å². The number of piperidine rings is 2. The maximum absolute atomic E-state index is 13.1. The van der Waals surface area contributed by atoms with Crippen molar-refractivity contribution in [3.63, 3.8) is 0 Å². The number of methoxy groups -OCH3 is 1. The Balaban J connectivity index is 1.38. The molecule has 2 saturated heterocycles. The minimum Gasteiger partial charge on any atom is -0.496 e. The van der Waals surface area contributed by atoms with Crippen LogP contribution in [0.3, 0.4) is 0 Å². The number of carbonyl (C=O) groups is 1. The van der Waals surface area contributed by atoms with Gasteiger partial charge in [-0.05, 0) is 86.6 Å². The Labute approximate surface area is 203 Å². The van der Waals surface area contributed by atoms with Crippen molar-refractivity contribution in [1.29, 1.82) is 0 Å². The second-order valence-electron chi connectivity index (χ2n) is 9.08. The topological polar surface area (TPSA) is 79.0 Å². The van der Waals surface area contributed by atoms with Crippen LogP contribution in [0.25, 0.3) is 0 Å². The van der Waals surface area contributed by atoms with Crippen LogP contribution in [-0.4, -0.2) is 51.9 Å². The number of nitrogens with zero attached hydrogens (tertiary/aromatic N) is 2. The standard InChI is InChI=1S/C26H35N3O4S/c1-33-25-14-13-24(34(31,32)29-18-6-3-7-19-29)20-21(25)8-15-26(30)27-22-9-11-23(12-10-22)28-16-4-2-5-17-28/h9-14,20H,2-8,15-19H2,1H3,(H,27,30). The lowest BCUT2D eigenvalue weighted by Gasteiger charge is -2.28. The molecule has 2 aliphatic heterocycles. The minimum absolute atomic E-state index is 0.114. The summed E-state index contributed by atoms with van der Waals surface area (Å²) in [5.74, 6) is 0.480. The number of aryl methyl sites for hydroxylation is 1. The molecule has 0 aliphatic carbocycles. The molecule has 0 radical (unpaired) electrons. The summed E-state index contributed by atoms with van der Waals surface area (Å²) in [6.45, 7) is 3.28. The summed E-state index contributed by atoms with van der Waals surface area (Å²) in [4.78, 5) is 15.3. The predicted molar refractivity (Wildman–Crippen MR) is 135 cm³/mol. The molecule has 2 heterocycles. The van der Waals surface area contributed by atoms with Gasteiger partial charge >= 0.3 is 0 Å². The first-order chi connectivity index (χ1) is 16.5. The van der Waals surface area contributed by atoms with E-state index in [0.717, 1.165) is 43.6 Å². The van der Waals surface area contributed by atoms with Crippen molar-refractivity contribution in [2.24, 2.45) is 0 Å². The number of nitrogens with one attached hydrogen (secondary N) is 1. The number of rotatable bonds is 8. The number of carbonyl (C=O) groups excluding carboxylic acids is 1. The molecular formula is C26H35N3O4S. The van der Waals surface area contributed by atoms with E-state index in [4.69, 9.17) is 4.74 Å². The van der Waals surface area contributed by atoms with Crippen LogP contribution in [0.4, 0.5) is 11.4 Å². The van der Waals surface area contributed by atoms with E-state index in [0.29, 0.717) is 25.3 Å². The fourth-order valence-corrected chi connectivity index (χ4v) is 6.31. The van der Waals surface area contributed by atoms with E-state index >= 15 is 0 Å². The van der Waals surface area contributed by atoms with Gasteiger partial charge in [-0.3, -0.25) is 4.79 Å². The number of hydrogen-bond donors (Lipinski definition) is 1. The molecule has 0 spiro atoms. The van der Waals surface area contributed by atoms with E-state index in [1.165, 1.54) is 24.9 Å². The average Bonchev–Trinajstić information content (AvgIpc) is 2.88. The lowest BCUT2D eigenvalue weighted by Crippen LogP contribution is -2.35. The lowest BCUT2D eigenvalue weighted by atomic mass is 10.1. The van der Waals surface area contributed by atoms with Crippen molar-refractivity contribution in [3.05, 3.63) is 48.0 Å². The summed E-state index contributed by atoms with van der Waals surface area (Å²) in [6.07, 6.45) is 7.22. The Morgan fingerprint density at radius 2 is 1.56 bits per heavy atom. The normalized spacial score (nSPS) is 17.4. The van der Waals surface area contributed by atoms with E-state index in [1.807, 2.05) is 12.1 Å². The first-order valence-corrected chi connectivity index (χ1v) is 13.7. The molecule has 2 aliphatic rings. The van der Waals surface area contributed by atoms with Gasteiger partial charge in [0.1, 0.15) is 5.75 Å². The van der Waals surface area contributed by atoms with Crippen molar-refractivity contribution in [1.82, 2.24) is 4.31 Å². The highest BCUT2D eigenvalue weighted by Crippen LogP contribution is 2.27. The molecule has 0 saturated carbocycles. The highest BCUT2D eigenvalue weighted by molar-refractivity contribution is 7.89. The van der Waals surface area contributed by atoms with Gasteiger partial charge in [-0.15, -0.1) is 0 Å². The van der Waals surface area contributed by atoms with E-state index in [1.54, 1.807) is 29.6 Å². The van der Waals surface area contributed by atoms with Gasteiger partial charge in [0, 0.05) is 44.0 Å². The smallest absolute Gasteiger partial charge is 0.243 e. The monoisotopic (exact) mass is 485 g/mol. The Bertz CT molecular complexity index is 1070. The Morgan fingerprint density at radius 3 is 2.21 bits per heavy atom. The van der Waals surface area contributed by atoms with Crippen LogP contribution in [0.15, 0.2) is 47.4 Å². The molecule has 0 unspecified atom stereocenters. The SMILES string of the molecule is COc1ccc(S(=O)(=O)N2CCCCC2)cc1CCC(=O)Nc1ccc(N2CCCCC2)cc1. The van der Waals surface area contributed by atoms with Crippen LogP contribution in [0.2, 0.25) is 0 Å². The highest BCUT2D eigenvalue weighted by atomic mass is 32.2. The van der Waals surface area contributed by atoms with Gasteiger partial charge in [0.05, 0.1) is 12.0 Å². The van der Waals surface area contributed by atoms with Crippen molar-refractivity contribution < 1.29 is 17.9 Å². The molecule has 2 aromatic rings. The zero-order valence-electron chi connectivity index (χ0n) is 20.0. The quantitative estimate of drug-likeness (QED) is 0.598. The van der Waals surface area contributed by atoms with Crippen LogP contribution in [0.1, 0.15) is 50.5 Å². The molecule has 0 atom stereocenters. The zero-order valence-corrected chi connectivity index (χ0v) is 20.8. The second-order valence-corrected chi connectivity index (χ2v) is 11.0. The largest absolute Gasteiger partial charge is 0.496 e. The van der Waals surface area contributed by atoms with E-state index in [9.17, 15) is 13.2 Å². The fourth-order valence-electron chi connectivity index (χ4n) is 4.74. The summed E-state index contributed by atoms with van der Waals surface area (Å²) in [6, 6.07) is 12.9. The summed E-state index contributed by atoms with van der Waals surface area (Å²) in [5, 5.41) is 2.95. The number of hydrogen-bond acceptors (Lipinski definition) is 5. The van der Waals surface area contributed by atoms with Crippen LogP contribution >= 0.6 is 0 Å². The van der Waals surface area contributed by atoms with Crippen LogP contribution in [0, 0.1) is 0 Å². The summed E-state index contributed by atoms with van der Waals surface area (Å²) >= 11 is 0. The van der Waals surface area contributed by atoms with E-state index in [-0.39, 0.29) is 17.2 Å². The van der Waals surface area contributed by atoms with Gasteiger partial charge in [-0.1, -0.05) is 6.42 Å². The van der Waals surface area contributed by atoms with Crippen molar-refractivity contribution in [2.45, 2.75) is 56.3 Å². The number of amides is 1. The van der Waals surface area contributed by atoms with Crippen LogP contribution in [0.5, 0.6) is 5.75 Å². The molecule has 0 bridgehead atoms. The minimum atomic E-state index is -3.54. The summed E-state index contributed by atoms with van der Waals surface area (Å²) in [5.41, 5.74) is 2.67. The fraction of sp³-hybridized carbons (Fsp3) is 0.500. The molecule has 1 amide bonds. The third-order valence-electron chi connectivity index (χ3n) is 6.70. The number of ether oxygens (including phenoxy) is 1. The van der Waals surface area contributed by atoms with Gasteiger partial charge in [0.15, 0.2) is 0 Å². The molecule has 7 nitrogen and oxygen atoms in total. The third kappa shape index (κ3) is 5.91. The molecule has 184 valence electrons. The highest BCUT2D eigenvalue weighted by Gasteiger charge is 2.26. The van der Waals surface area contributed by atoms with Gasteiger partial charge in [-0.25, -0.2) is 8.42 Å². The van der Waals surface area contributed by atoms with E-state index < -0.39 is 10.0 Å². The van der Waals surface area contributed by atoms with Gasteiger partial charge < -0.3 is 15.0 Å². The number of anilines is 2. The molecule has 4 rings (SSSR count). The first-order valence-electron chi connectivity index (χ1n) is 12.3. The maximum atomic E-state index is 13.1. The van der Waals surface area contributed by atoms with Gasteiger partial charge in [0.2, 0.25) is 15.9 Å². The average molecular weight is 486 g/mol. The molecule has 2 aromatic carbocycles. The molecule has 8 heteroatoms. The van der Waals surface area contributed by atoms with Crippen LogP contribution < -0.4 is 15.0 Å². The third-order valence-corrected chi connectivity index (χ3v) is 8.59. The van der Waals surface area contributed by atoms with Gasteiger partial charge in [-0.2, -0.15) is 4.31 Å². The zero-order chi connectivity index (χ0) is 24.0. The Kier molecular flexibility index (Phi) is 8.11. The van der Waals surface area contributed by atoms with Crippen molar-refractivity contribution >= 4 is 27.3 Å². The lowest BCUT2D eigenvalue weighted by molar-refractivity contribution is -0.116. The number of benzene rings is 2. The summed E-state index contributed by atoms with van der Waals surface area (Å²) < 4.78 is 33.1. The molecule has 34 heavy (non-hydrogen) atoms. The summed E-state index contributed by atoms with van der Waals surface area (Å²) in [7, 11) is -1.98. The Morgan fingerprint density at radius 1 is 0.912 bits per heavy atom. The second kappa shape index (κ2) is 11.2. The predicted octanol–water partition coefficient (Wildman–Crippen LogP) is 4.43. The van der Waals surface area contributed by atoms with Gasteiger partial charge in [0.25, 0.3) is 0 Å². The maximum Gasteiger partial charge on any atom is 0.243 e. The Hall–Kier alpha value is -2.58. The van der Waals surface area contributed by atoms with E-state index in [2.05, 4.69) is 22.3 Å². The molecule has 2 fully saturated rings. The molecule has 1 N–H and O–H groups in total.